The first-order chi connectivity index (χ1) is 8.72. The van der Waals surface area contributed by atoms with E-state index >= 15 is 0 Å². The molecule has 1 aromatic heterocycles. The smallest absolute Gasteiger partial charge is 0.464 e. The fourth-order valence-corrected chi connectivity index (χ4v) is 1.83. The van der Waals surface area contributed by atoms with Gasteiger partial charge in [0.05, 0.1) is 0 Å². The van der Waals surface area contributed by atoms with Crippen LogP contribution in [0, 0.1) is 18.4 Å². The largest absolute Gasteiger partial charge is 1.00 e. The van der Waals surface area contributed by atoms with Crippen molar-refractivity contribution in [2.45, 2.75) is 13.3 Å². The Balaban J connectivity index is 0.00000180. The van der Waals surface area contributed by atoms with Gasteiger partial charge in [-0.1, -0.05) is 36.4 Å². The van der Waals surface area contributed by atoms with Gasteiger partial charge in [0, 0.05) is 17.5 Å². The third-order valence-corrected chi connectivity index (χ3v) is 2.91. The summed E-state index contributed by atoms with van der Waals surface area (Å²) in [7, 11) is 0. The molecule has 0 fully saturated rings. The molecule has 0 atom stereocenters. The van der Waals surface area contributed by atoms with Crippen LogP contribution in [0.25, 0.3) is 0 Å². The number of carbonyl (C=O) groups is 1. The van der Waals surface area contributed by atoms with Gasteiger partial charge in [-0.25, -0.2) is 0 Å². The molecule has 96 valence electrons. The van der Waals surface area contributed by atoms with Gasteiger partial charge < -0.3 is 17.0 Å². The Bertz CT molecular complexity index is 618. The molecule has 19 heavy (non-hydrogen) atoms. The van der Waals surface area contributed by atoms with Crippen molar-refractivity contribution < 1.29 is 26.3 Å². The fraction of sp³-hybridized carbons (Fsp3) is 0.133. The fourth-order valence-electron chi connectivity index (χ4n) is 1.83. The first kappa shape index (κ1) is 15.1. The van der Waals surface area contributed by atoms with Gasteiger partial charge in [0.2, 0.25) is 0 Å². The summed E-state index contributed by atoms with van der Waals surface area (Å²) in [4.78, 5) is 12.1. The summed E-state index contributed by atoms with van der Waals surface area (Å²) >= 11 is 0. The monoisotopic (exact) mass is 316 g/mol. The highest BCUT2D eigenvalue weighted by Crippen LogP contribution is 2.08. The first-order valence-electron chi connectivity index (χ1n) is 5.71. The van der Waals surface area contributed by atoms with Crippen LogP contribution in [0.4, 0.5) is 0 Å². The van der Waals surface area contributed by atoms with Crippen molar-refractivity contribution in [2.24, 2.45) is 0 Å². The number of hydrogen-bond acceptors (Lipinski definition) is 2. The van der Waals surface area contributed by atoms with Crippen LogP contribution in [0.2, 0.25) is 0 Å². The maximum atomic E-state index is 12.1. The standard InChI is InChI=1S/C15H13N2O.BrH/c1-12-14(8-5-9-17(12)11-16)10-15(18)13-6-3-2-4-7-13;/h2-9H,10H2,1H3;1H/q+1;/p-1. The lowest BCUT2D eigenvalue weighted by Crippen LogP contribution is -3.00. The third kappa shape index (κ3) is 3.49. The summed E-state index contributed by atoms with van der Waals surface area (Å²) in [6.45, 7) is 1.84. The van der Waals surface area contributed by atoms with E-state index in [-0.39, 0.29) is 22.8 Å². The van der Waals surface area contributed by atoms with E-state index in [1.165, 1.54) is 4.57 Å². The van der Waals surface area contributed by atoms with Crippen LogP contribution in [0.5, 0.6) is 0 Å². The van der Waals surface area contributed by atoms with Crippen LogP contribution in [0.3, 0.4) is 0 Å². The lowest BCUT2D eigenvalue weighted by atomic mass is 10.0. The van der Waals surface area contributed by atoms with Crippen LogP contribution >= 0.6 is 0 Å². The average Bonchev–Trinajstić information content (AvgIpc) is 2.42. The van der Waals surface area contributed by atoms with Gasteiger partial charge in [0.25, 0.3) is 0 Å². The Labute approximate surface area is 122 Å². The zero-order valence-electron chi connectivity index (χ0n) is 10.5. The molecule has 0 saturated carbocycles. The van der Waals surface area contributed by atoms with E-state index in [2.05, 4.69) is 6.19 Å². The third-order valence-electron chi connectivity index (χ3n) is 2.91. The van der Waals surface area contributed by atoms with Crippen molar-refractivity contribution in [3.8, 4) is 6.19 Å². The van der Waals surface area contributed by atoms with Crippen molar-refractivity contribution in [1.82, 2.24) is 0 Å². The average molecular weight is 317 g/mol. The van der Waals surface area contributed by atoms with Crippen LogP contribution < -0.4 is 21.5 Å². The number of nitrogens with zero attached hydrogens (tertiary/aromatic N) is 2. The molecule has 0 aliphatic heterocycles. The lowest BCUT2D eigenvalue weighted by molar-refractivity contribution is -0.594. The zero-order valence-corrected chi connectivity index (χ0v) is 12.1. The first-order valence-corrected chi connectivity index (χ1v) is 5.71. The molecule has 2 rings (SSSR count). The van der Waals surface area contributed by atoms with Gasteiger partial charge in [-0.15, -0.1) is 4.57 Å². The van der Waals surface area contributed by atoms with Gasteiger partial charge in [-0.2, -0.15) is 0 Å². The highest BCUT2D eigenvalue weighted by Gasteiger charge is 2.12. The Morgan fingerprint density at radius 2 is 1.89 bits per heavy atom. The number of pyridine rings is 1. The molecule has 0 saturated heterocycles. The van der Waals surface area contributed by atoms with Crippen molar-refractivity contribution >= 4 is 5.78 Å². The molecule has 1 heterocycles. The molecule has 0 bridgehead atoms. The summed E-state index contributed by atoms with van der Waals surface area (Å²) in [5.74, 6) is 0.0642. The van der Waals surface area contributed by atoms with E-state index in [0.29, 0.717) is 12.0 Å². The van der Waals surface area contributed by atoms with Crippen LogP contribution in [0.15, 0.2) is 48.7 Å². The topological polar surface area (TPSA) is 44.7 Å². The number of rotatable bonds is 3. The highest BCUT2D eigenvalue weighted by molar-refractivity contribution is 5.97. The van der Waals surface area contributed by atoms with Crippen LogP contribution in [0.1, 0.15) is 21.6 Å². The minimum atomic E-state index is 0. The predicted molar refractivity (Wildman–Crippen MR) is 66.9 cm³/mol. The predicted octanol–water partition coefficient (Wildman–Crippen LogP) is -0.959. The number of carbonyl (C=O) groups excluding carboxylic acids is 1. The van der Waals surface area contributed by atoms with Crippen LogP contribution in [-0.2, 0) is 6.42 Å². The molecule has 0 radical (unpaired) electrons. The molecule has 0 aliphatic rings. The van der Waals surface area contributed by atoms with Crippen LogP contribution in [-0.4, -0.2) is 5.78 Å². The minimum absolute atomic E-state index is 0. The number of benzene rings is 1. The summed E-state index contributed by atoms with van der Waals surface area (Å²) in [6, 6.07) is 12.8. The van der Waals surface area contributed by atoms with Crippen molar-refractivity contribution in [3.05, 3.63) is 65.5 Å². The van der Waals surface area contributed by atoms with Gasteiger partial charge in [-0.05, 0) is 13.0 Å². The van der Waals surface area contributed by atoms with Gasteiger partial charge in [0.1, 0.15) is 11.9 Å². The Kier molecular flexibility index (Phi) is 5.40. The van der Waals surface area contributed by atoms with Gasteiger partial charge in [0.15, 0.2) is 11.0 Å². The van der Waals surface area contributed by atoms with E-state index in [4.69, 9.17) is 5.26 Å². The minimum Gasteiger partial charge on any atom is -1.00 e. The number of nitriles is 1. The zero-order chi connectivity index (χ0) is 13.0. The van der Waals surface area contributed by atoms with E-state index in [1.54, 1.807) is 24.4 Å². The number of halogens is 1. The second-order valence-electron chi connectivity index (χ2n) is 4.05. The number of hydrogen-bond donors (Lipinski definition) is 0. The van der Waals surface area contributed by atoms with Crippen molar-refractivity contribution in [1.29, 1.82) is 5.26 Å². The number of Topliss-reactive ketones (excluding diaryl/α,β-unsaturated/α-hetero) is 1. The Morgan fingerprint density at radius 3 is 2.53 bits per heavy atom. The molecular weight excluding hydrogens is 304 g/mol. The number of aromatic nitrogens is 1. The molecule has 2 aromatic rings. The summed E-state index contributed by atoms with van der Waals surface area (Å²) in [5.41, 5.74) is 2.39. The highest BCUT2D eigenvalue weighted by atomic mass is 79.9. The summed E-state index contributed by atoms with van der Waals surface area (Å²) in [5, 5.41) is 8.92. The summed E-state index contributed by atoms with van der Waals surface area (Å²) in [6.07, 6.45) is 4.06. The quantitative estimate of drug-likeness (QED) is 0.541. The molecule has 0 amide bonds. The van der Waals surface area contributed by atoms with E-state index < -0.39 is 0 Å². The Hall–Kier alpha value is -1.99. The maximum Gasteiger partial charge on any atom is 0.464 e. The Morgan fingerprint density at radius 1 is 1.21 bits per heavy atom. The van der Waals surface area contributed by atoms with Gasteiger partial charge >= 0.3 is 6.19 Å². The second-order valence-corrected chi connectivity index (χ2v) is 4.05. The van der Waals surface area contributed by atoms with E-state index in [1.807, 2.05) is 31.2 Å². The van der Waals surface area contributed by atoms with Crippen molar-refractivity contribution in [2.75, 3.05) is 0 Å². The molecule has 0 unspecified atom stereocenters. The molecule has 0 spiro atoms. The second kappa shape index (κ2) is 6.81. The molecule has 0 aliphatic carbocycles. The SMILES string of the molecule is Cc1c(CC(=O)c2ccccc2)ccc[n+]1C#N.[Br-]. The molecule has 4 heteroatoms. The number of ketones is 1. The normalized spacial score (nSPS) is 9.26. The van der Waals surface area contributed by atoms with Crippen molar-refractivity contribution in [3.63, 3.8) is 0 Å². The molecular formula is C15H13BrN2O. The van der Waals surface area contributed by atoms with E-state index in [0.717, 1.165) is 11.3 Å². The summed E-state index contributed by atoms with van der Waals surface area (Å²) < 4.78 is 1.47. The lowest BCUT2D eigenvalue weighted by Gasteiger charge is -2.04. The molecule has 1 aromatic carbocycles. The molecule has 0 N–H and O–H groups in total. The van der Waals surface area contributed by atoms with Gasteiger partial charge in [-0.3, -0.25) is 4.79 Å². The maximum absolute atomic E-state index is 12.1. The van der Waals surface area contributed by atoms with E-state index in [9.17, 15) is 4.79 Å². The molecule has 3 nitrogen and oxygen atoms in total.